The van der Waals surface area contributed by atoms with Crippen molar-refractivity contribution >= 4 is 27.9 Å². The Morgan fingerprint density at radius 3 is 2.45 bits per heavy atom. The molecule has 0 spiro atoms. The molecule has 2 aromatic rings. The third-order valence-electron chi connectivity index (χ3n) is 2.61. The Hall–Kier alpha value is -2.71. The molecule has 6 heteroatoms. The van der Waals surface area contributed by atoms with Crippen LogP contribution in [0.3, 0.4) is 0 Å². The zero-order chi connectivity index (χ0) is 14.5. The molecule has 20 heavy (non-hydrogen) atoms. The van der Waals surface area contributed by atoms with Crippen LogP contribution < -0.4 is 0 Å². The van der Waals surface area contributed by atoms with Crippen molar-refractivity contribution in [2.75, 3.05) is 0 Å². The molecule has 0 saturated carbocycles. The number of hydrogen-bond acceptors (Lipinski definition) is 4. The number of rotatable bonds is 3. The maximum atomic E-state index is 10.6. The summed E-state index contributed by atoms with van der Waals surface area (Å²) >= 11 is 6.20. The molecule has 0 fully saturated rings. The summed E-state index contributed by atoms with van der Waals surface area (Å²) in [6, 6.07) is 11.2. The lowest BCUT2D eigenvalue weighted by molar-refractivity contribution is -0.384. The van der Waals surface area contributed by atoms with Crippen molar-refractivity contribution in [3.63, 3.8) is 0 Å². The first-order valence-electron chi connectivity index (χ1n) is 5.58. The molecule has 0 bridgehead atoms. The summed E-state index contributed by atoms with van der Waals surface area (Å²) in [5, 5.41) is 20.1. The minimum absolute atomic E-state index is 0.0295. The molecule has 5 nitrogen and oxygen atoms in total. The van der Waals surface area contributed by atoms with Crippen LogP contribution in [-0.2, 0) is 0 Å². The van der Waals surface area contributed by atoms with Crippen LogP contribution in [0.4, 0.5) is 5.69 Å². The number of hydrogen-bond donors (Lipinski definition) is 0. The van der Waals surface area contributed by atoms with Gasteiger partial charge in [-0.05, 0) is 23.8 Å². The van der Waals surface area contributed by atoms with Crippen LogP contribution in [0, 0.1) is 21.4 Å². The van der Waals surface area contributed by atoms with Gasteiger partial charge >= 0.3 is 0 Å². The fourth-order valence-electron chi connectivity index (χ4n) is 1.62. The van der Waals surface area contributed by atoms with Gasteiger partial charge in [0.25, 0.3) is 5.69 Å². The van der Waals surface area contributed by atoms with E-state index >= 15 is 0 Å². The molecule has 0 amide bonds. The average molecular weight is 286 g/mol. The lowest BCUT2D eigenvalue weighted by Gasteiger charge is -2.04. The first-order valence-corrected chi connectivity index (χ1v) is 5.96. The predicted molar refractivity (Wildman–Crippen MR) is 75.6 cm³/mol. The molecule has 0 radical (unpaired) electrons. The van der Waals surface area contributed by atoms with E-state index < -0.39 is 4.92 Å². The summed E-state index contributed by atoms with van der Waals surface area (Å²) in [6.45, 7) is 0. The van der Waals surface area contributed by atoms with Crippen molar-refractivity contribution in [2.24, 2.45) is 0 Å². The van der Waals surface area contributed by atoms with Crippen LogP contribution in [0.15, 0.2) is 48.8 Å². The largest absolute Gasteiger partial charge is 0.269 e. The van der Waals surface area contributed by atoms with Crippen molar-refractivity contribution in [3.05, 3.63) is 70.0 Å². The standard InChI is InChI=1S/C14H8ClN3O2/c15-14(10-3-5-12(6-4-10)18(19)20)13(8-16)11-2-1-7-17-9-11/h1-7,9H/b14-13+. The summed E-state index contributed by atoms with van der Waals surface area (Å²) in [5.74, 6) is 0. The number of aromatic nitrogens is 1. The van der Waals surface area contributed by atoms with E-state index in [1.54, 1.807) is 18.3 Å². The Morgan fingerprint density at radius 1 is 1.25 bits per heavy atom. The molecule has 0 N–H and O–H groups in total. The first-order chi connectivity index (χ1) is 9.63. The second-order valence-electron chi connectivity index (χ2n) is 3.85. The second-order valence-corrected chi connectivity index (χ2v) is 4.22. The van der Waals surface area contributed by atoms with Crippen molar-refractivity contribution in [1.82, 2.24) is 4.98 Å². The number of nitrogens with zero attached hydrogens (tertiary/aromatic N) is 3. The van der Waals surface area contributed by atoms with Gasteiger partial charge in [0.1, 0.15) is 6.07 Å². The third kappa shape index (κ3) is 2.82. The Balaban J connectivity index is 2.47. The lowest BCUT2D eigenvalue weighted by Crippen LogP contribution is -1.90. The molecule has 1 heterocycles. The Morgan fingerprint density at radius 2 is 1.95 bits per heavy atom. The molecule has 1 aromatic heterocycles. The van der Waals surface area contributed by atoms with Gasteiger partial charge in [-0.25, -0.2) is 0 Å². The summed E-state index contributed by atoms with van der Waals surface area (Å²) in [6.07, 6.45) is 3.13. The number of nitro groups is 1. The quantitative estimate of drug-likeness (QED) is 0.490. The highest BCUT2D eigenvalue weighted by Gasteiger charge is 2.11. The highest BCUT2D eigenvalue weighted by atomic mass is 35.5. The molecule has 0 aliphatic heterocycles. The van der Waals surface area contributed by atoms with Gasteiger partial charge in [-0.1, -0.05) is 17.7 Å². The van der Waals surface area contributed by atoms with E-state index in [1.165, 1.54) is 30.5 Å². The smallest absolute Gasteiger partial charge is 0.264 e. The van der Waals surface area contributed by atoms with E-state index in [0.717, 1.165) is 0 Å². The maximum absolute atomic E-state index is 10.6. The van der Waals surface area contributed by atoms with Crippen LogP contribution in [0.2, 0.25) is 0 Å². The highest BCUT2D eigenvalue weighted by molar-refractivity contribution is 6.53. The SMILES string of the molecule is N#C/C(=C(\Cl)c1ccc([N+](=O)[O-])cc1)c1cccnc1. The molecule has 0 atom stereocenters. The van der Waals surface area contributed by atoms with Crippen LogP contribution >= 0.6 is 11.6 Å². The average Bonchev–Trinajstić information content (AvgIpc) is 2.49. The number of nitro benzene ring substituents is 1. The normalized spacial score (nSPS) is 11.4. The molecule has 1 aromatic carbocycles. The summed E-state index contributed by atoms with van der Waals surface area (Å²) in [5.41, 5.74) is 1.38. The lowest BCUT2D eigenvalue weighted by atomic mass is 10.1. The topological polar surface area (TPSA) is 79.8 Å². The molecular formula is C14H8ClN3O2. The fourth-order valence-corrected chi connectivity index (χ4v) is 1.90. The van der Waals surface area contributed by atoms with Crippen molar-refractivity contribution < 1.29 is 4.92 Å². The molecule has 2 rings (SSSR count). The Kier molecular flexibility index (Phi) is 4.08. The minimum Gasteiger partial charge on any atom is -0.264 e. The zero-order valence-electron chi connectivity index (χ0n) is 10.2. The molecule has 98 valence electrons. The number of halogens is 1. The van der Waals surface area contributed by atoms with Gasteiger partial charge in [0.05, 0.1) is 15.5 Å². The van der Waals surface area contributed by atoms with Gasteiger partial charge in [0.15, 0.2) is 0 Å². The number of pyridine rings is 1. The Labute approximate surface area is 119 Å². The molecule has 0 saturated heterocycles. The van der Waals surface area contributed by atoms with Crippen molar-refractivity contribution in [2.45, 2.75) is 0 Å². The van der Waals surface area contributed by atoms with Crippen LogP contribution in [0.5, 0.6) is 0 Å². The second kappa shape index (κ2) is 5.95. The van der Waals surface area contributed by atoms with Gasteiger partial charge < -0.3 is 0 Å². The fraction of sp³-hybridized carbons (Fsp3) is 0. The van der Waals surface area contributed by atoms with Gasteiger partial charge in [-0.15, -0.1) is 0 Å². The van der Waals surface area contributed by atoms with E-state index in [9.17, 15) is 15.4 Å². The van der Waals surface area contributed by atoms with E-state index in [1.807, 2.05) is 6.07 Å². The summed E-state index contributed by atoms with van der Waals surface area (Å²) in [4.78, 5) is 14.0. The maximum Gasteiger partial charge on any atom is 0.269 e. The third-order valence-corrected chi connectivity index (χ3v) is 3.02. The van der Waals surface area contributed by atoms with Crippen LogP contribution in [0.25, 0.3) is 10.6 Å². The molecule has 0 aliphatic rings. The van der Waals surface area contributed by atoms with Crippen molar-refractivity contribution in [1.29, 1.82) is 5.26 Å². The van der Waals surface area contributed by atoms with E-state index in [0.29, 0.717) is 11.1 Å². The number of allylic oxidation sites excluding steroid dienone is 1. The summed E-state index contributed by atoms with van der Waals surface area (Å²) < 4.78 is 0. The predicted octanol–water partition coefficient (Wildman–Crippen LogP) is 3.62. The molecule has 0 unspecified atom stereocenters. The van der Waals surface area contributed by atoms with E-state index in [2.05, 4.69) is 4.98 Å². The molecular weight excluding hydrogens is 278 g/mol. The van der Waals surface area contributed by atoms with Gasteiger partial charge in [0, 0.05) is 30.1 Å². The Bertz CT molecular complexity index is 703. The molecule has 0 aliphatic carbocycles. The van der Waals surface area contributed by atoms with E-state index in [4.69, 9.17) is 11.6 Å². The van der Waals surface area contributed by atoms with Crippen LogP contribution in [0.1, 0.15) is 11.1 Å². The summed E-state index contributed by atoms with van der Waals surface area (Å²) in [7, 11) is 0. The van der Waals surface area contributed by atoms with Crippen LogP contribution in [-0.4, -0.2) is 9.91 Å². The van der Waals surface area contributed by atoms with Gasteiger partial charge in [-0.2, -0.15) is 5.26 Å². The zero-order valence-corrected chi connectivity index (χ0v) is 10.9. The minimum atomic E-state index is -0.492. The highest BCUT2D eigenvalue weighted by Crippen LogP contribution is 2.29. The number of benzene rings is 1. The number of nitriles is 1. The van der Waals surface area contributed by atoms with Crippen molar-refractivity contribution in [3.8, 4) is 6.07 Å². The monoisotopic (exact) mass is 285 g/mol. The van der Waals surface area contributed by atoms with Gasteiger partial charge in [-0.3, -0.25) is 15.1 Å². The van der Waals surface area contributed by atoms with Gasteiger partial charge in [0.2, 0.25) is 0 Å². The number of non-ortho nitro benzene ring substituents is 1. The first kappa shape index (κ1) is 13.7. The van der Waals surface area contributed by atoms with E-state index in [-0.39, 0.29) is 16.3 Å².